The molecule has 1 aromatic heterocycles. The van der Waals surface area contributed by atoms with E-state index >= 15 is 0 Å². The van der Waals surface area contributed by atoms with Gasteiger partial charge in [-0.15, -0.1) is 0 Å². The molecule has 0 radical (unpaired) electrons. The summed E-state index contributed by atoms with van der Waals surface area (Å²) < 4.78 is 8.01. The Morgan fingerprint density at radius 3 is 2.66 bits per heavy atom. The van der Waals surface area contributed by atoms with E-state index in [-0.39, 0.29) is 17.8 Å². The van der Waals surface area contributed by atoms with Gasteiger partial charge in [0.25, 0.3) is 0 Å². The van der Waals surface area contributed by atoms with E-state index in [4.69, 9.17) is 16.3 Å². The van der Waals surface area contributed by atoms with Crippen molar-refractivity contribution in [3.8, 4) is 0 Å². The smallest absolute Gasteiger partial charge is 0.326 e. The Morgan fingerprint density at radius 2 is 1.83 bits per heavy atom. The lowest BCUT2D eigenvalue weighted by Gasteiger charge is -2.33. The Balaban J connectivity index is 1.19. The Bertz CT molecular complexity index is 1050. The third kappa shape index (κ3) is 3.75. The van der Waals surface area contributed by atoms with Gasteiger partial charge in [-0.2, -0.15) is 0 Å². The number of hydrogen-bond donors (Lipinski definition) is 1. The molecular weight excluding hydrogens is 386 g/mol. The second kappa shape index (κ2) is 7.98. The molecule has 2 saturated heterocycles. The largest absolute Gasteiger partial charge is 0.373 e. The van der Waals surface area contributed by atoms with Gasteiger partial charge < -0.3 is 14.6 Å². The van der Waals surface area contributed by atoms with Crippen LogP contribution in [0.15, 0.2) is 53.3 Å². The summed E-state index contributed by atoms with van der Waals surface area (Å²) in [4.78, 5) is 18.0. The zero-order valence-electron chi connectivity index (χ0n) is 16.4. The summed E-state index contributed by atoms with van der Waals surface area (Å²) in [6.07, 6.45) is 3.13. The van der Waals surface area contributed by atoms with Gasteiger partial charge in [-0.1, -0.05) is 41.9 Å². The van der Waals surface area contributed by atoms with Gasteiger partial charge in [0, 0.05) is 30.7 Å². The van der Waals surface area contributed by atoms with E-state index in [0.717, 1.165) is 67.1 Å². The van der Waals surface area contributed by atoms with Crippen molar-refractivity contribution >= 4 is 22.6 Å². The molecule has 0 bridgehead atoms. The van der Waals surface area contributed by atoms with E-state index in [9.17, 15) is 4.79 Å². The summed E-state index contributed by atoms with van der Waals surface area (Å²) in [6.45, 7) is 3.88. The summed E-state index contributed by atoms with van der Waals surface area (Å²) in [6, 6.07) is 16.2. The van der Waals surface area contributed by atoms with Crippen LogP contribution in [0.3, 0.4) is 0 Å². The molecule has 5 nitrogen and oxygen atoms in total. The second-order valence-corrected chi connectivity index (χ2v) is 8.70. The zero-order valence-corrected chi connectivity index (χ0v) is 17.1. The van der Waals surface area contributed by atoms with Gasteiger partial charge >= 0.3 is 5.69 Å². The summed E-state index contributed by atoms with van der Waals surface area (Å²) in [7, 11) is 0. The third-order valence-electron chi connectivity index (χ3n) is 6.40. The highest BCUT2D eigenvalue weighted by Crippen LogP contribution is 2.36. The third-order valence-corrected chi connectivity index (χ3v) is 6.74. The number of piperidine rings is 1. The van der Waals surface area contributed by atoms with Crippen molar-refractivity contribution in [1.82, 2.24) is 14.5 Å². The highest BCUT2D eigenvalue weighted by atomic mass is 35.5. The van der Waals surface area contributed by atoms with Crippen molar-refractivity contribution in [2.75, 3.05) is 26.2 Å². The Hall–Kier alpha value is -2.08. The Morgan fingerprint density at radius 1 is 1.07 bits per heavy atom. The monoisotopic (exact) mass is 411 g/mol. The van der Waals surface area contributed by atoms with Crippen molar-refractivity contribution in [2.24, 2.45) is 5.92 Å². The van der Waals surface area contributed by atoms with Crippen LogP contribution >= 0.6 is 11.6 Å². The van der Waals surface area contributed by atoms with Crippen molar-refractivity contribution in [1.29, 1.82) is 0 Å². The minimum atomic E-state index is 0.0106. The molecule has 2 aliphatic heterocycles. The van der Waals surface area contributed by atoms with Gasteiger partial charge in [0.2, 0.25) is 0 Å². The van der Waals surface area contributed by atoms with Gasteiger partial charge in [-0.05, 0) is 48.9 Å². The molecular formula is C23H26ClN3O2. The number of likely N-dealkylation sites (tertiary alicyclic amines) is 1. The molecule has 0 saturated carbocycles. The molecule has 2 fully saturated rings. The average molecular weight is 412 g/mol. The summed E-state index contributed by atoms with van der Waals surface area (Å²) in [5, 5.41) is 0.795. The van der Waals surface area contributed by atoms with Crippen LogP contribution in [0.5, 0.6) is 0 Å². The van der Waals surface area contributed by atoms with E-state index in [1.54, 1.807) is 0 Å². The predicted molar refractivity (Wildman–Crippen MR) is 116 cm³/mol. The molecule has 2 atom stereocenters. The summed E-state index contributed by atoms with van der Waals surface area (Å²) in [5.41, 5.74) is 3.06. The molecule has 2 aromatic carbocycles. The molecule has 0 spiro atoms. The van der Waals surface area contributed by atoms with Crippen LogP contribution in [0.4, 0.5) is 0 Å². The number of para-hydroxylation sites is 2. The van der Waals surface area contributed by atoms with Crippen LogP contribution in [-0.2, 0) is 4.74 Å². The zero-order chi connectivity index (χ0) is 19.8. The SMILES string of the molecule is O=c1[nH]c2ccccc2n1C1CCN(CC2COC(c3ccccc3Cl)C2)CC1. The Labute approximate surface area is 175 Å². The first-order valence-electron chi connectivity index (χ1n) is 10.5. The quantitative estimate of drug-likeness (QED) is 0.692. The standard InChI is InChI=1S/C23H26ClN3O2/c24-19-6-2-1-5-18(19)22-13-16(15-29-22)14-26-11-9-17(10-12-26)27-21-8-4-3-7-20(21)25-23(27)28/h1-8,16-17,22H,9-15H2,(H,25,28). The molecule has 6 heteroatoms. The van der Waals surface area contributed by atoms with Crippen LogP contribution in [0, 0.1) is 5.92 Å². The van der Waals surface area contributed by atoms with Gasteiger partial charge in [0.05, 0.1) is 23.7 Å². The molecule has 2 unspecified atom stereocenters. The van der Waals surface area contributed by atoms with Gasteiger partial charge in [-0.3, -0.25) is 4.57 Å². The van der Waals surface area contributed by atoms with Crippen molar-refractivity contribution in [3.05, 3.63) is 69.6 Å². The van der Waals surface area contributed by atoms with Crippen LogP contribution in [0.1, 0.15) is 37.0 Å². The highest BCUT2D eigenvalue weighted by Gasteiger charge is 2.31. The molecule has 1 N–H and O–H groups in total. The number of nitrogens with one attached hydrogen (secondary N) is 1. The van der Waals surface area contributed by atoms with E-state index in [0.29, 0.717) is 5.92 Å². The summed E-state index contributed by atoms with van der Waals surface area (Å²) in [5.74, 6) is 0.531. The van der Waals surface area contributed by atoms with E-state index in [1.807, 2.05) is 47.0 Å². The lowest BCUT2D eigenvalue weighted by atomic mass is 9.98. The number of rotatable bonds is 4. The predicted octanol–water partition coefficient (Wildman–Crippen LogP) is 4.40. The van der Waals surface area contributed by atoms with Crippen molar-refractivity contribution < 1.29 is 4.74 Å². The van der Waals surface area contributed by atoms with Crippen LogP contribution < -0.4 is 5.69 Å². The van der Waals surface area contributed by atoms with E-state index < -0.39 is 0 Å². The number of benzene rings is 2. The lowest BCUT2D eigenvalue weighted by Crippen LogP contribution is -2.39. The molecule has 3 aromatic rings. The highest BCUT2D eigenvalue weighted by molar-refractivity contribution is 6.31. The van der Waals surface area contributed by atoms with Crippen LogP contribution in [0.25, 0.3) is 11.0 Å². The molecule has 5 rings (SSSR count). The fourth-order valence-electron chi connectivity index (χ4n) is 4.93. The fraction of sp³-hybridized carbons (Fsp3) is 0.435. The van der Waals surface area contributed by atoms with Crippen molar-refractivity contribution in [3.63, 3.8) is 0 Å². The van der Waals surface area contributed by atoms with Crippen LogP contribution in [0.2, 0.25) is 5.02 Å². The first-order valence-corrected chi connectivity index (χ1v) is 10.8. The minimum Gasteiger partial charge on any atom is -0.373 e. The van der Waals surface area contributed by atoms with Gasteiger partial charge in [0.15, 0.2) is 0 Å². The second-order valence-electron chi connectivity index (χ2n) is 8.29. The maximum absolute atomic E-state index is 12.5. The average Bonchev–Trinajstić information content (AvgIpc) is 3.32. The topological polar surface area (TPSA) is 50.3 Å². The number of halogens is 1. The molecule has 0 aliphatic carbocycles. The maximum atomic E-state index is 12.5. The van der Waals surface area contributed by atoms with E-state index in [2.05, 4.69) is 16.0 Å². The molecule has 29 heavy (non-hydrogen) atoms. The number of ether oxygens (including phenoxy) is 1. The number of aromatic amines is 1. The van der Waals surface area contributed by atoms with E-state index in [1.165, 1.54) is 0 Å². The first-order chi connectivity index (χ1) is 14.2. The number of aromatic nitrogens is 2. The first kappa shape index (κ1) is 18.9. The van der Waals surface area contributed by atoms with Gasteiger partial charge in [-0.25, -0.2) is 4.79 Å². The Kier molecular flexibility index (Phi) is 5.20. The molecule has 0 amide bonds. The van der Waals surface area contributed by atoms with Gasteiger partial charge in [0.1, 0.15) is 0 Å². The lowest BCUT2D eigenvalue weighted by molar-refractivity contribution is 0.100. The molecule has 2 aliphatic rings. The minimum absolute atomic E-state index is 0.0106. The number of H-pyrrole nitrogens is 1. The van der Waals surface area contributed by atoms with Crippen molar-refractivity contribution in [2.45, 2.75) is 31.4 Å². The van der Waals surface area contributed by atoms with Crippen LogP contribution in [-0.4, -0.2) is 40.7 Å². The number of fused-ring (bicyclic) bond motifs is 1. The molecule has 152 valence electrons. The number of imidazole rings is 1. The number of nitrogens with zero attached hydrogens (tertiary/aromatic N) is 2. The maximum Gasteiger partial charge on any atom is 0.326 e. The fourth-order valence-corrected chi connectivity index (χ4v) is 5.19. The molecule has 3 heterocycles. The summed E-state index contributed by atoms with van der Waals surface area (Å²) >= 11 is 6.34. The normalized spacial score (nSPS) is 23.8. The number of hydrogen-bond acceptors (Lipinski definition) is 3.